The normalized spacial score (nSPS) is 10.5. The molecule has 3 aromatic rings. The highest BCUT2D eigenvalue weighted by Crippen LogP contribution is 2.25. The van der Waals surface area contributed by atoms with Crippen LogP contribution in [0.5, 0.6) is 5.75 Å². The monoisotopic (exact) mass is 308 g/mol. The van der Waals surface area contributed by atoms with Crippen molar-refractivity contribution >= 4 is 5.97 Å². The summed E-state index contributed by atoms with van der Waals surface area (Å²) in [5.74, 6) is -0.161. The smallest absolute Gasteiger partial charge is 0.335 e. The van der Waals surface area contributed by atoms with Crippen molar-refractivity contribution in [3.63, 3.8) is 0 Å². The van der Waals surface area contributed by atoms with Gasteiger partial charge in [0.25, 0.3) is 0 Å². The molecular weight excluding hydrogens is 292 g/mol. The van der Waals surface area contributed by atoms with Gasteiger partial charge < -0.3 is 9.84 Å². The number of hydrogen-bond donors (Lipinski definition) is 1. The van der Waals surface area contributed by atoms with Gasteiger partial charge in [-0.1, -0.05) is 6.07 Å². The van der Waals surface area contributed by atoms with Crippen LogP contribution in [0.15, 0.2) is 54.7 Å². The lowest BCUT2D eigenvalue weighted by Gasteiger charge is -2.03. The highest BCUT2D eigenvalue weighted by atomic mass is 16.5. The molecule has 5 nitrogen and oxygen atoms in total. The first kappa shape index (κ1) is 14.8. The quantitative estimate of drug-likeness (QED) is 0.800. The van der Waals surface area contributed by atoms with E-state index in [1.807, 2.05) is 43.5 Å². The standard InChI is InChI=1S/C18H16N2O3/c1-12-11-20(15-5-3-4-14(10-15)18(21)22)19-17(12)13-6-8-16(23-2)9-7-13/h3-11H,1-2H3,(H,21,22). The van der Waals surface area contributed by atoms with E-state index >= 15 is 0 Å². The van der Waals surface area contributed by atoms with E-state index in [-0.39, 0.29) is 5.56 Å². The number of ether oxygens (including phenoxy) is 1. The zero-order valence-electron chi connectivity index (χ0n) is 12.9. The number of carboxylic acids is 1. The molecule has 0 amide bonds. The molecule has 0 radical (unpaired) electrons. The molecule has 0 aliphatic carbocycles. The lowest BCUT2D eigenvalue weighted by molar-refractivity contribution is 0.0697. The number of methoxy groups -OCH3 is 1. The van der Waals surface area contributed by atoms with Gasteiger partial charge in [0, 0.05) is 11.8 Å². The molecule has 1 aromatic heterocycles. The van der Waals surface area contributed by atoms with Crippen LogP contribution in [0.1, 0.15) is 15.9 Å². The SMILES string of the molecule is COc1ccc(-c2nn(-c3cccc(C(=O)O)c3)cc2C)cc1. The number of rotatable bonds is 4. The van der Waals surface area contributed by atoms with Gasteiger partial charge in [-0.3, -0.25) is 0 Å². The Labute approximate surface area is 133 Å². The minimum atomic E-state index is -0.953. The lowest BCUT2D eigenvalue weighted by atomic mass is 10.1. The van der Waals surface area contributed by atoms with E-state index in [0.29, 0.717) is 5.69 Å². The molecule has 0 atom stereocenters. The van der Waals surface area contributed by atoms with Crippen molar-refractivity contribution in [1.82, 2.24) is 9.78 Å². The first-order valence-electron chi connectivity index (χ1n) is 7.13. The number of aromatic carboxylic acids is 1. The van der Waals surface area contributed by atoms with Crippen LogP contribution in [0.25, 0.3) is 16.9 Å². The average Bonchev–Trinajstić information content (AvgIpc) is 2.97. The van der Waals surface area contributed by atoms with E-state index in [9.17, 15) is 4.79 Å². The first-order valence-corrected chi connectivity index (χ1v) is 7.13. The summed E-state index contributed by atoms with van der Waals surface area (Å²) < 4.78 is 6.86. The summed E-state index contributed by atoms with van der Waals surface area (Å²) in [6.45, 7) is 1.98. The van der Waals surface area contributed by atoms with Gasteiger partial charge in [0.05, 0.1) is 24.1 Å². The Balaban J connectivity index is 2.00. The molecule has 0 spiro atoms. The molecule has 0 aliphatic rings. The molecule has 0 fully saturated rings. The van der Waals surface area contributed by atoms with E-state index in [0.717, 1.165) is 22.6 Å². The second kappa shape index (κ2) is 5.96. The summed E-state index contributed by atoms with van der Waals surface area (Å²) in [6, 6.07) is 14.4. The second-order valence-electron chi connectivity index (χ2n) is 5.19. The van der Waals surface area contributed by atoms with E-state index in [1.54, 1.807) is 30.0 Å². The largest absolute Gasteiger partial charge is 0.497 e. The number of carboxylic acid groups (broad SMARTS) is 1. The van der Waals surface area contributed by atoms with Crippen molar-refractivity contribution in [2.45, 2.75) is 6.92 Å². The van der Waals surface area contributed by atoms with Crippen molar-refractivity contribution in [3.05, 3.63) is 65.9 Å². The van der Waals surface area contributed by atoms with Crippen molar-refractivity contribution < 1.29 is 14.6 Å². The number of hydrogen-bond acceptors (Lipinski definition) is 3. The maximum atomic E-state index is 11.1. The highest BCUT2D eigenvalue weighted by Gasteiger charge is 2.10. The van der Waals surface area contributed by atoms with Gasteiger partial charge in [-0.15, -0.1) is 0 Å². The van der Waals surface area contributed by atoms with Crippen LogP contribution in [-0.2, 0) is 0 Å². The number of aromatic nitrogens is 2. The minimum absolute atomic E-state index is 0.238. The molecule has 1 heterocycles. The van der Waals surface area contributed by atoms with Gasteiger partial charge in [0.1, 0.15) is 5.75 Å². The summed E-state index contributed by atoms with van der Waals surface area (Å²) in [5.41, 5.74) is 3.80. The second-order valence-corrected chi connectivity index (χ2v) is 5.19. The molecule has 0 bridgehead atoms. The average molecular weight is 308 g/mol. The highest BCUT2D eigenvalue weighted by molar-refractivity contribution is 5.88. The van der Waals surface area contributed by atoms with E-state index < -0.39 is 5.97 Å². The van der Waals surface area contributed by atoms with Crippen molar-refractivity contribution in [1.29, 1.82) is 0 Å². The van der Waals surface area contributed by atoms with E-state index in [1.165, 1.54) is 0 Å². The molecule has 5 heteroatoms. The van der Waals surface area contributed by atoms with E-state index in [2.05, 4.69) is 5.10 Å². The minimum Gasteiger partial charge on any atom is -0.497 e. The molecule has 23 heavy (non-hydrogen) atoms. The van der Waals surface area contributed by atoms with Crippen LogP contribution in [0, 0.1) is 6.92 Å². The third-order valence-electron chi connectivity index (χ3n) is 3.62. The molecule has 0 saturated heterocycles. The Morgan fingerprint density at radius 1 is 1.17 bits per heavy atom. The lowest BCUT2D eigenvalue weighted by Crippen LogP contribution is -2.00. The number of benzene rings is 2. The number of aryl methyl sites for hydroxylation is 1. The summed E-state index contributed by atoms with van der Waals surface area (Å²) in [6.07, 6.45) is 1.89. The van der Waals surface area contributed by atoms with Crippen LogP contribution < -0.4 is 4.74 Å². The Bertz CT molecular complexity index is 851. The topological polar surface area (TPSA) is 64.4 Å². The van der Waals surface area contributed by atoms with Crippen molar-refractivity contribution in [2.24, 2.45) is 0 Å². The van der Waals surface area contributed by atoms with Gasteiger partial charge >= 0.3 is 5.97 Å². The predicted octanol–water partition coefficient (Wildman–Crippen LogP) is 3.55. The van der Waals surface area contributed by atoms with Gasteiger partial charge in [0.15, 0.2) is 0 Å². The summed E-state index contributed by atoms with van der Waals surface area (Å²) in [4.78, 5) is 11.1. The fourth-order valence-electron chi connectivity index (χ4n) is 2.41. The molecule has 3 rings (SSSR count). The third-order valence-corrected chi connectivity index (χ3v) is 3.62. The summed E-state index contributed by atoms with van der Waals surface area (Å²) >= 11 is 0. The molecule has 0 aliphatic heterocycles. The van der Waals surface area contributed by atoms with Crippen LogP contribution in [0.4, 0.5) is 0 Å². The Morgan fingerprint density at radius 2 is 1.91 bits per heavy atom. The third kappa shape index (κ3) is 2.94. The summed E-state index contributed by atoms with van der Waals surface area (Å²) in [7, 11) is 1.63. The van der Waals surface area contributed by atoms with Gasteiger partial charge in [-0.25, -0.2) is 9.48 Å². The summed E-state index contributed by atoms with van der Waals surface area (Å²) in [5, 5.41) is 13.7. The molecule has 0 unspecified atom stereocenters. The van der Waals surface area contributed by atoms with Crippen LogP contribution in [0.3, 0.4) is 0 Å². The zero-order chi connectivity index (χ0) is 16.4. The zero-order valence-corrected chi connectivity index (χ0v) is 12.9. The van der Waals surface area contributed by atoms with E-state index in [4.69, 9.17) is 9.84 Å². The Kier molecular flexibility index (Phi) is 3.85. The maximum absolute atomic E-state index is 11.1. The first-order chi connectivity index (χ1) is 11.1. The van der Waals surface area contributed by atoms with Gasteiger partial charge in [0.2, 0.25) is 0 Å². The van der Waals surface area contributed by atoms with Gasteiger partial charge in [-0.2, -0.15) is 5.10 Å². The molecule has 116 valence electrons. The van der Waals surface area contributed by atoms with Crippen molar-refractivity contribution in [3.8, 4) is 22.7 Å². The van der Waals surface area contributed by atoms with Crippen LogP contribution in [-0.4, -0.2) is 28.0 Å². The Morgan fingerprint density at radius 3 is 2.57 bits per heavy atom. The number of nitrogens with zero attached hydrogens (tertiary/aromatic N) is 2. The molecular formula is C18H16N2O3. The van der Waals surface area contributed by atoms with Crippen LogP contribution in [0.2, 0.25) is 0 Å². The molecule has 1 N–H and O–H groups in total. The van der Waals surface area contributed by atoms with Crippen molar-refractivity contribution in [2.75, 3.05) is 7.11 Å². The van der Waals surface area contributed by atoms with Crippen LogP contribution >= 0.6 is 0 Å². The molecule has 2 aromatic carbocycles. The fraction of sp³-hybridized carbons (Fsp3) is 0.111. The number of carbonyl (C=O) groups is 1. The predicted molar refractivity (Wildman–Crippen MR) is 87.2 cm³/mol. The molecule has 0 saturated carbocycles. The maximum Gasteiger partial charge on any atom is 0.335 e. The Hall–Kier alpha value is -3.08. The fourth-order valence-corrected chi connectivity index (χ4v) is 2.41. The van der Waals surface area contributed by atoms with Gasteiger partial charge in [-0.05, 0) is 55.0 Å².